The Morgan fingerprint density at radius 2 is 1.75 bits per heavy atom. The van der Waals surface area contributed by atoms with Crippen LogP contribution in [-0.4, -0.2) is 19.3 Å². The lowest BCUT2D eigenvalue weighted by molar-refractivity contribution is 0.351. The Morgan fingerprint density at radius 1 is 1.05 bits per heavy atom. The van der Waals surface area contributed by atoms with Gasteiger partial charge in [0.2, 0.25) is 0 Å². The third kappa shape index (κ3) is 3.17. The van der Waals surface area contributed by atoms with Gasteiger partial charge in [-0.25, -0.2) is 0 Å². The zero-order valence-electron chi connectivity index (χ0n) is 11.3. The minimum absolute atomic E-state index is 0.246. The van der Waals surface area contributed by atoms with Crippen LogP contribution in [0.3, 0.4) is 0 Å². The first-order valence-corrected chi connectivity index (χ1v) is 6.87. The zero-order chi connectivity index (χ0) is 14.5. The molecule has 0 aromatic heterocycles. The standard InChI is InChI=1S/C15H16BrNO3/c1-19-14-8-7-13(16)12(15(14)20-2)9-17-10-3-5-11(18)6-4-10/h3-8,17-18H,9H2,1-2H3. The van der Waals surface area contributed by atoms with E-state index < -0.39 is 0 Å². The van der Waals surface area contributed by atoms with Gasteiger partial charge in [-0.2, -0.15) is 0 Å². The SMILES string of the molecule is COc1ccc(Br)c(CNc2ccc(O)cc2)c1OC. The maximum atomic E-state index is 9.26. The number of rotatable bonds is 5. The second kappa shape index (κ2) is 6.52. The van der Waals surface area contributed by atoms with Crippen LogP contribution in [0.2, 0.25) is 0 Å². The molecule has 5 heteroatoms. The van der Waals surface area contributed by atoms with Crippen LogP contribution >= 0.6 is 15.9 Å². The maximum absolute atomic E-state index is 9.26. The van der Waals surface area contributed by atoms with Crippen molar-refractivity contribution in [3.8, 4) is 17.2 Å². The van der Waals surface area contributed by atoms with Crippen LogP contribution < -0.4 is 14.8 Å². The molecule has 0 saturated carbocycles. The molecule has 0 radical (unpaired) electrons. The lowest BCUT2D eigenvalue weighted by Crippen LogP contribution is -2.04. The number of anilines is 1. The van der Waals surface area contributed by atoms with E-state index in [1.807, 2.05) is 24.3 Å². The highest BCUT2D eigenvalue weighted by atomic mass is 79.9. The Hall–Kier alpha value is -1.88. The smallest absolute Gasteiger partial charge is 0.166 e. The van der Waals surface area contributed by atoms with Crippen molar-refractivity contribution in [2.45, 2.75) is 6.54 Å². The molecule has 106 valence electrons. The second-order valence-corrected chi connectivity index (χ2v) is 5.02. The molecule has 2 aromatic carbocycles. The largest absolute Gasteiger partial charge is 0.508 e. The first kappa shape index (κ1) is 14.5. The van der Waals surface area contributed by atoms with Gasteiger partial charge >= 0.3 is 0 Å². The van der Waals surface area contributed by atoms with Crippen molar-refractivity contribution in [2.24, 2.45) is 0 Å². The van der Waals surface area contributed by atoms with Gasteiger partial charge in [0.15, 0.2) is 11.5 Å². The van der Waals surface area contributed by atoms with Crippen molar-refractivity contribution >= 4 is 21.6 Å². The summed E-state index contributed by atoms with van der Waals surface area (Å²) >= 11 is 3.52. The highest BCUT2D eigenvalue weighted by Crippen LogP contribution is 2.36. The molecule has 2 rings (SSSR count). The molecule has 4 nitrogen and oxygen atoms in total. The average molecular weight is 338 g/mol. The molecule has 0 aliphatic carbocycles. The molecule has 0 fully saturated rings. The lowest BCUT2D eigenvalue weighted by atomic mass is 10.1. The number of methoxy groups -OCH3 is 2. The molecule has 0 unspecified atom stereocenters. The average Bonchev–Trinajstić information content (AvgIpc) is 2.47. The zero-order valence-corrected chi connectivity index (χ0v) is 12.9. The topological polar surface area (TPSA) is 50.7 Å². The molecule has 0 aliphatic heterocycles. The molecule has 0 heterocycles. The van der Waals surface area contributed by atoms with Gasteiger partial charge in [-0.1, -0.05) is 15.9 Å². The molecule has 2 aromatic rings. The van der Waals surface area contributed by atoms with Gasteiger partial charge in [0.1, 0.15) is 5.75 Å². The normalized spacial score (nSPS) is 10.2. The summed E-state index contributed by atoms with van der Waals surface area (Å²) < 4.78 is 11.7. The van der Waals surface area contributed by atoms with Crippen LogP contribution in [0, 0.1) is 0 Å². The van der Waals surface area contributed by atoms with Gasteiger partial charge in [-0.15, -0.1) is 0 Å². The molecular formula is C15H16BrNO3. The summed E-state index contributed by atoms with van der Waals surface area (Å²) in [6, 6.07) is 10.7. The van der Waals surface area contributed by atoms with Crippen molar-refractivity contribution in [1.29, 1.82) is 0 Å². The number of nitrogens with one attached hydrogen (secondary N) is 1. The summed E-state index contributed by atoms with van der Waals surface area (Å²) in [5.41, 5.74) is 1.89. The van der Waals surface area contributed by atoms with Gasteiger partial charge in [0.05, 0.1) is 14.2 Å². The van der Waals surface area contributed by atoms with Crippen molar-refractivity contribution in [1.82, 2.24) is 0 Å². The molecule has 0 atom stereocenters. The summed E-state index contributed by atoms with van der Waals surface area (Å²) in [4.78, 5) is 0. The summed E-state index contributed by atoms with van der Waals surface area (Å²) in [6.07, 6.45) is 0. The van der Waals surface area contributed by atoms with Gasteiger partial charge in [0, 0.05) is 22.3 Å². The van der Waals surface area contributed by atoms with Crippen molar-refractivity contribution in [3.63, 3.8) is 0 Å². The van der Waals surface area contributed by atoms with E-state index in [1.165, 1.54) is 0 Å². The molecule has 0 spiro atoms. The minimum Gasteiger partial charge on any atom is -0.508 e. The second-order valence-electron chi connectivity index (χ2n) is 4.16. The number of hydrogen-bond acceptors (Lipinski definition) is 4. The lowest BCUT2D eigenvalue weighted by Gasteiger charge is -2.15. The van der Waals surface area contributed by atoms with E-state index in [2.05, 4.69) is 21.2 Å². The fourth-order valence-corrected chi connectivity index (χ4v) is 2.35. The number of halogens is 1. The van der Waals surface area contributed by atoms with E-state index in [4.69, 9.17) is 9.47 Å². The molecule has 0 saturated heterocycles. The molecule has 0 bridgehead atoms. The number of benzene rings is 2. The molecule has 2 N–H and O–H groups in total. The van der Waals surface area contributed by atoms with Crippen LogP contribution in [0.4, 0.5) is 5.69 Å². The summed E-state index contributed by atoms with van der Waals surface area (Å²) in [5, 5.41) is 12.5. The Bertz CT molecular complexity index is 584. The van der Waals surface area contributed by atoms with E-state index >= 15 is 0 Å². The van der Waals surface area contributed by atoms with E-state index in [9.17, 15) is 5.11 Å². The van der Waals surface area contributed by atoms with Crippen LogP contribution in [0.15, 0.2) is 40.9 Å². The van der Waals surface area contributed by atoms with Gasteiger partial charge < -0.3 is 19.9 Å². The number of aromatic hydroxyl groups is 1. The molecule has 20 heavy (non-hydrogen) atoms. The summed E-state index contributed by atoms with van der Waals surface area (Å²) in [7, 11) is 3.23. The fraction of sp³-hybridized carbons (Fsp3) is 0.200. The Kier molecular flexibility index (Phi) is 4.74. The fourth-order valence-electron chi connectivity index (χ4n) is 1.90. The predicted molar refractivity (Wildman–Crippen MR) is 82.7 cm³/mol. The van der Waals surface area contributed by atoms with Crippen molar-refractivity contribution in [2.75, 3.05) is 19.5 Å². The molecule has 0 aliphatic rings. The first-order valence-electron chi connectivity index (χ1n) is 6.08. The quantitative estimate of drug-likeness (QED) is 0.815. The van der Waals surface area contributed by atoms with E-state index in [0.717, 1.165) is 15.7 Å². The van der Waals surface area contributed by atoms with Crippen molar-refractivity contribution < 1.29 is 14.6 Å². The Balaban J connectivity index is 2.22. The monoisotopic (exact) mass is 337 g/mol. The molecular weight excluding hydrogens is 322 g/mol. The van der Waals surface area contributed by atoms with Crippen LogP contribution in [-0.2, 0) is 6.54 Å². The predicted octanol–water partition coefficient (Wildman–Crippen LogP) is 3.78. The van der Waals surface area contributed by atoms with Crippen LogP contribution in [0.25, 0.3) is 0 Å². The highest BCUT2D eigenvalue weighted by molar-refractivity contribution is 9.10. The van der Waals surface area contributed by atoms with Crippen LogP contribution in [0.1, 0.15) is 5.56 Å². The molecule has 0 amide bonds. The number of hydrogen-bond donors (Lipinski definition) is 2. The van der Waals surface area contributed by atoms with E-state index in [0.29, 0.717) is 18.0 Å². The Morgan fingerprint density at radius 3 is 2.35 bits per heavy atom. The minimum atomic E-state index is 0.246. The Labute approximate surface area is 126 Å². The number of phenolic OH excluding ortho intramolecular Hbond substituents is 1. The van der Waals surface area contributed by atoms with E-state index in [-0.39, 0.29) is 5.75 Å². The highest BCUT2D eigenvalue weighted by Gasteiger charge is 2.13. The summed E-state index contributed by atoms with van der Waals surface area (Å²) in [6.45, 7) is 0.575. The van der Waals surface area contributed by atoms with Gasteiger partial charge in [0.25, 0.3) is 0 Å². The third-order valence-electron chi connectivity index (χ3n) is 2.93. The third-order valence-corrected chi connectivity index (χ3v) is 3.67. The van der Waals surface area contributed by atoms with Gasteiger partial charge in [-0.3, -0.25) is 0 Å². The maximum Gasteiger partial charge on any atom is 0.166 e. The number of ether oxygens (including phenoxy) is 2. The van der Waals surface area contributed by atoms with Crippen molar-refractivity contribution in [3.05, 3.63) is 46.4 Å². The summed E-state index contributed by atoms with van der Waals surface area (Å²) in [5.74, 6) is 1.64. The van der Waals surface area contributed by atoms with E-state index in [1.54, 1.807) is 26.4 Å². The van der Waals surface area contributed by atoms with Gasteiger partial charge in [-0.05, 0) is 36.4 Å². The number of phenols is 1. The van der Waals surface area contributed by atoms with Crippen LogP contribution in [0.5, 0.6) is 17.2 Å². The first-order chi connectivity index (χ1) is 9.65.